The third-order valence-electron chi connectivity index (χ3n) is 2.66. The molecule has 0 bridgehead atoms. The molecule has 1 aromatic carbocycles. The summed E-state index contributed by atoms with van der Waals surface area (Å²) in [6.45, 7) is 1.91. The molecule has 1 N–H and O–H groups in total. The Hall–Kier alpha value is -1.35. The third-order valence-corrected chi connectivity index (χ3v) is 2.66. The zero-order valence-corrected chi connectivity index (χ0v) is 8.16. The first-order valence-electron chi connectivity index (χ1n) is 4.70. The molecule has 3 nitrogen and oxygen atoms in total. The molecule has 1 heterocycles. The van der Waals surface area contributed by atoms with Gasteiger partial charge in [0.2, 0.25) is 0 Å². The van der Waals surface area contributed by atoms with E-state index in [4.69, 9.17) is 5.11 Å². The van der Waals surface area contributed by atoms with E-state index in [9.17, 15) is 4.79 Å². The molecule has 0 radical (unpaired) electrons. The average molecular weight is 191 g/mol. The normalized spacial score (nSPS) is 16.4. The minimum Gasteiger partial charge on any atom is -0.478 e. The first kappa shape index (κ1) is 9.21. The quantitative estimate of drug-likeness (QED) is 0.729. The Kier molecular flexibility index (Phi) is 2.25. The molecule has 0 saturated heterocycles. The summed E-state index contributed by atoms with van der Waals surface area (Å²) in [6, 6.07) is 5.41. The fraction of sp³-hybridized carbons (Fsp3) is 0.364. The van der Waals surface area contributed by atoms with Crippen molar-refractivity contribution in [3.63, 3.8) is 0 Å². The fourth-order valence-corrected chi connectivity index (χ4v) is 1.83. The Morgan fingerprint density at radius 2 is 2.21 bits per heavy atom. The number of likely N-dealkylation sites (N-methyl/N-ethyl adjacent to an activating group) is 1. The van der Waals surface area contributed by atoms with Gasteiger partial charge in [0, 0.05) is 13.1 Å². The molecule has 3 heteroatoms. The minimum absolute atomic E-state index is 0.388. The number of fused-ring (bicyclic) bond motifs is 1. The lowest BCUT2D eigenvalue weighted by atomic mass is 9.98. The topological polar surface area (TPSA) is 40.5 Å². The lowest BCUT2D eigenvalue weighted by Gasteiger charge is -2.24. The van der Waals surface area contributed by atoms with Crippen molar-refractivity contribution in [2.24, 2.45) is 0 Å². The molecule has 14 heavy (non-hydrogen) atoms. The number of rotatable bonds is 1. The van der Waals surface area contributed by atoms with Crippen molar-refractivity contribution in [1.82, 2.24) is 4.90 Å². The summed E-state index contributed by atoms with van der Waals surface area (Å²) in [4.78, 5) is 13.0. The Bertz CT molecular complexity index is 374. The van der Waals surface area contributed by atoms with Crippen molar-refractivity contribution in [2.45, 2.75) is 13.0 Å². The van der Waals surface area contributed by atoms with Crippen LogP contribution in [-0.2, 0) is 13.0 Å². The largest absolute Gasteiger partial charge is 0.478 e. The Morgan fingerprint density at radius 1 is 1.43 bits per heavy atom. The van der Waals surface area contributed by atoms with Gasteiger partial charge in [-0.25, -0.2) is 4.79 Å². The number of nitrogens with zero attached hydrogens (tertiary/aromatic N) is 1. The maximum Gasteiger partial charge on any atom is 0.335 e. The lowest BCUT2D eigenvalue weighted by molar-refractivity contribution is 0.0696. The first-order chi connectivity index (χ1) is 6.66. The maximum absolute atomic E-state index is 10.8. The van der Waals surface area contributed by atoms with Gasteiger partial charge in [-0.2, -0.15) is 0 Å². The van der Waals surface area contributed by atoms with E-state index in [1.807, 2.05) is 6.07 Å². The van der Waals surface area contributed by atoms with Crippen molar-refractivity contribution < 1.29 is 9.90 Å². The van der Waals surface area contributed by atoms with Gasteiger partial charge in [0.05, 0.1) is 5.56 Å². The summed E-state index contributed by atoms with van der Waals surface area (Å²) in [5.41, 5.74) is 2.82. The predicted octanol–water partition coefficient (Wildman–Crippen LogP) is 1.37. The molecule has 1 aliphatic rings. The van der Waals surface area contributed by atoms with Gasteiger partial charge >= 0.3 is 5.97 Å². The number of benzene rings is 1. The van der Waals surface area contributed by atoms with Gasteiger partial charge in [-0.15, -0.1) is 0 Å². The molecule has 2 rings (SSSR count). The number of aromatic carboxylic acids is 1. The van der Waals surface area contributed by atoms with E-state index >= 15 is 0 Å². The summed E-state index contributed by atoms with van der Waals surface area (Å²) in [6.07, 6.45) is 1.02. The fourth-order valence-electron chi connectivity index (χ4n) is 1.83. The van der Waals surface area contributed by atoms with Crippen LogP contribution in [0.25, 0.3) is 0 Å². The zero-order valence-electron chi connectivity index (χ0n) is 8.16. The Labute approximate surface area is 83.0 Å². The van der Waals surface area contributed by atoms with Gasteiger partial charge in [-0.3, -0.25) is 0 Å². The number of carboxylic acids is 1. The van der Waals surface area contributed by atoms with Crippen LogP contribution in [0.5, 0.6) is 0 Å². The minimum atomic E-state index is -0.846. The van der Waals surface area contributed by atoms with Crippen molar-refractivity contribution in [2.75, 3.05) is 13.6 Å². The van der Waals surface area contributed by atoms with Gasteiger partial charge in [0.15, 0.2) is 0 Å². The van der Waals surface area contributed by atoms with Crippen molar-refractivity contribution in [1.29, 1.82) is 0 Å². The maximum atomic E-state index is 10.8. The number of hydrogen-bond acceptors (Lipinski definition) is 2. The second kappa shape index (κ2) is 3.42. The van der Waals surface area contributed by atoms with E-state index in [1.165, 1.54) is 5.56 Å². The van der Waals surface area contributed by atoms with Crippen LogP contribution < -0.4 is 0 Å². The lowest BCUT2D eigenvalue weighted by Crippen LogP contribution is -2.26. The van der Waals surface area contributed by atoms with Crippen molar-refractivity contribution in [3.05, 3.63) is 34.9 Å². The van der Waals surface area contributed by atoms with E-state index in [0.717, 1.165) is 25.1 Å². The molecule has 0 unspecified atom stereocenters. The van der Waals surface area contributed by atoms with Crippen LogP contribution in [-0.4, -0.2) is 29.6 Å². The van der Waals surface area contributed by atoms with E-state index in [2.05, 4.69) is 11.9 Å². The van der Waals surface area contributed by atoms with Gasteiger partial charge in [0.25, 0.3) is 0 Å². The van der Waals surface area contributed by atoms with Crippen LogP contribution in [0.3, 0.4) is 0 Å². The van der Waals surface area contributed by atoms with E-state index in [0.29, 0.717) is 5.56 Å². The van der Waals surface area contributed by atoms with Gasteiger partial charge in [-0.05, 0) is 36.7 Å². The Balaban J connectivity index is 2.37. The van der Waals surface area contributed by atoms with E-state index in [-0.39, 0.29) is 0 Å². The summed E-state index contributed by atoms with van der Waals surface area (Å²) >= 11 is 0. The molecule has 0 spiro atoms. The van der Waals surface area contributed by atoms with Gasteiger partial charge in [-0.1, -0.05) is 6.07 Å². The summed E-state index contributed by atoms with van der Waals surface area (Å²) in [7, 11) is 2.05. The molecule has 1 aromatic rings. The standard InChI is InChI=1S/C11H13NO2/c1-12-5-4-8-2-3-9(11(13)14)6-10(8)7-12/h2-3,6H,4-5,7H2,1H3,(H,13,14). The summed E-state index contributed by atoms with van der Waals surface area (Å²) in [5, 5.41) is 8.84. The second-order valence-corrected chi connectivity index (χ2v) is 3.78. The van der Waals surface area contributed by atoms with Crippen LogP contribution >= 0.6 is 0 Å². The average Bonchev–Trinajstić information content (AvgIpc) is 2.16. The van der Waals surface area contributed by atoms with Crippen molar-refractivity contribution in [3.8, 4) is 0 Å². The van der Waals surface area contributed by atoms with Gasteiger partial charge in [0.1, 0.15) is 0 Å². The van der Waals surface area contributed by atoms with E-state index in [1.54, 1.807) is 12.1 Å². The van der Waals surface area contributed by atoms with Crippen LogP contribution in [0.15, 0.2) is 18.2 Å². The molecule has 0 atom stereocenters. The molecule has 0 saturated carbocycles. The van der Waals surface area contributed by atoms with Gasteiger partial charge < -0.3 is 10.0 Å². The number of hydrogen-bond donors (Lipinski definition) is 1. The second-order valence-electron chi connectivity index (χ2n) is 3.78. The third kappa shape index (κ3) is 1.63. The highest BCUT2D eigenvalue weighted by Crippen LogP contribution is 2.19. The predicted molar refractivity (Wildman–Crippen MR) is 53.4 cm³/mol. The van der Waals surface area contributed by atoms with Crippen LogP contribution in [0, 0.1) is 0 Å². The first-order valence-corrected chi connectivity index (χ1v) is 4.70. The molecular formula is C11H13NO2. The molecular weight excluding hydrogens is 178 g/mol. The van der Waals surface area contributed by atoms with Crippen molar-refractivity contribution >= 4 is 5.97 Å². The van der Waals surface area contributed by atoms with Crippen LogP contribution in [0.2, 0.25) is 0 Å². The number of carbonyl (C=O) groups is 1. The molecule has 0 aliphatic carbocycles. The van der Waals surface area contributed by atoms with Crippen LogP contribution in [0.4, 0.5) is 0 Å². The Morgan fingerprint density at radius 3 is 2.93 bits per heavy atom. The zero-order chi connectivity index (χ0) is 10.1. The van der Waals surface area contributed by atoms with E-state index < -0.39 is 5.97 Å². The highest BCUT2D eigenvalue weighted by molar-refractivity contribution is 5.87. The summed E-state index contributed by atoms with van der Waals surface area (Å²) < 4.78 is 0. The smallest absolute Gasteiger partial charge is 0.335 e. The molecule has 74 valence electrons. The molecule has 0 aromatic heterocycles. The molecule has 0 fully saturated rings. The molecule has 1 aliphatic heterocycles. The summed E-state index contributed by atoms with van der Waals surface area (Å²) in [5.74, 6) is -0.846. The van der Waals surface area contributed by atoms with Crippen LogP contribution in [0.1, 0.15) is 21.5 Å². The highest BCUT2D eigenvalue weighted by Gasteiger charge is 2.14. The monoisotopic (exact) mass is 191 g/mol. The SMILES string of the molecule is CN1CCc2ccc(C(=O)O)cc2C1. The number of carboxylic acid groups (broad SMARTS) is 1. The highest BCUT2D eigenvalue weighted by atomic mass is 16.4. The molecule has 0 amide bonds.